The van der Waals surface area contributed by atoms with Crippen molar-refractivity contribution in [2.75, 3.05) is 0 Å². The fourth-order valence-corrected chi connectivity index (χ4v) is 1.26. The van der Waals surface area contributed by atoms with Crippen LogP contribution < -0.4 is 0 Å². The highest BCUT2D eigenvalue weighted by atomic mass is 16.6. The number of ether oxygens (including phenoxy) is 1. The second-order valence-electron chi connectivity index (χ2n) is 2.72. The number of cyclic esters (lactones) is 1. The van der Waals surface area contributed by atoms with E-state index in [0.29, 0.717) is 12.0 Å². The van der Waals surface area contributed by atoms with Gasteiger partial charge in [-0.05, 0) is 6.42 Å². The molecule has 0 saturated heterocycles. The van der Waals surface area contributed by atoms with Gasteiger partial charge in [0.15, 0.2) is 0 Å². The highest BCUT2D eigenvalue weighted by molar-refractivity contribution is 5.90. The molecule has 13 heavy (non-hydrogen) atoms. The third kappa shape index (κ3) is 1.80. The van der Waals surface area contributed by atoms with Crippen molar-refractivity contribution in [2.24, 2.45) is 0 Å². The largest absolute Gasteiger partial charge is 0.502 e. The van der Waals surface area contributed by atoms with E-state index in [1.807, 2.05) is 0 Å². The summed E-state index contributed by atoms with van der Waals surface area (Å²) >= 11 is 0. The number of hydrogen-bond acceptors (Lipinski definition) is 4. The van der Waals surface area contributed by atoms with Crippen molar-refractivity contribution in [3.05, 3.63) is 11.3 Å². The zero-order valence-electron chi connectivity index (χ0n) is 7.11. The molecule has 1 heterocycles. The van der Waals surface area contributed by atoms with E-state index >= 15 is 0 Å². The van der Waals surface area contributed by atoms with Gasteiger partial charge in [-0.2, -0.15) is 0 Å². The average Bonchev–Trinajstić information content (AvgIpc) is 2.27. The van der Waals surface area contributed by atoms with Crippen molar-refractivity contribution in [3.63, 3.8) is 0 Å². The summed E-state index contributed by atoms with van der Waals surface area (Å²) in [5.74, 6) is -2.32. The number of rotatable bonds is 3. The Hall–Kier alpha value is -1.52. The summed E-state index contributed by atoms with van der Waals surface area (Å²) in [6.07, 6.45) is -0.677. The molecule has 5 nitrogen and oxygen atoms in total. The minimum atomic E-state index is -1.06. The van der Waals surface area contributed by atoms with E-state index in [2.05, 4.69) is 4.74 Å². The molecular weight excluding hydrogens is 176 g/mol. The van der Waals surface area contributed by atoms with E-state index in [1.54, 1.807) is 6.92 Å². The Bertz CT molecular complexity index is 278. The SMILES string of the molecule is CCC1=C(O)C(=O)OC1CC(=O)O. The first kappa shape index (κ1) is 9.57. The molecule has 0 radical (unpaired) electrons. The van der Waals surface area contributed by atoms with Crippen molar-refractivity contribution in [1.29, 1.82) is 0 Å². The lowest BCUT2D eigenvalue weighted by Crippen LogP contribution is -2.16. The third-order valence-electron chi connectivity index (χ3n) is 1.88. The first-order valence-electron chi connectivity index (χ1n) is 3.91. The van der Waals surface area contributed by atoms with Crippen molar-refractivity contribution < 1.29 is 24.5 Å². The summed E-state index contributed by atoms with van der Waals surface area (Å²) in [6.45, 7) is 1.72. The molecule has 0 saturated carbocycles. The van der Waals surface area contributed by atoms with Crippen LogP contribution in [0.2, 0.25) is 0 Å². The molecular formula is C8H10O5. The molecule has 0 aromatic heterocycles. The maximum atomic E-state index is 10.8. The minimum Gasteiger partial charge on any atom is -0.502 e. The number of carboxylic acid groups (broad SMARTS) is 1. The number of carboxylic acids is 1. The molecule has 1 unspecified atom stereocenters. The van der Waals surface area contributed by atoms with Crippen LogP contribution in [0, 0.1) is 0 Å². The molecule has 0 amide bonds. The van der Waals surface area contributed by atoms with Gasteiger partial charge >= 0.3 is 11.9 Å². The van der Waals surface area contributed by atoms with Crippen LogP contribution in [0.25, 0.3) is 0 Å². The number of aliphatic hydroxyl groups excluding tert-OH is 1. The van der Waals surface area contributed by atoms with E-state index in [1.165, 1.54) is 0 Å². The summed E-state index contributed by atoms with van der Waals surface area (Å²) in [4.78, 5) is 21.1. The van der Waals surface area contributed by atoms with Gasteiger partial charge < -0.3 is 14.9 Å². The zero-order chi connectivity index (χ0) is 10.0. The molecule has 2 N–H and O–H groups in total. The highest BCUT2D eigenvalue weighted by Gasteiger charge is 2.34. The molecule has 0 spiro atoms. The Morgan fingerprint density at radius 2 is 2.23 bits per heavy atom. The van der Waals surface area contributed by atoms with Gasteiger partial charge in [0.25, 0.3) is 0 Å². The molecule has 1 aliphatic heterocycles. The van der Waals surface area contributed by atoms with Crippen LogP contribution in [-0.2, 0) is 14.3 Å². The summed E-state index contributed by atoms with van der Waals surface area (Å²) in [7, 11) is 0. The highest BCUT2D eigenvalue weighted by Crippen LogP contribution is 2.25. The molecule has 1 aliphatic rings. The molecule has 0 bridgehead atoms. The van der Waals surface area contributed by atoms with Crippen LogP contribution in [0.4, 0.5) is 0 Å². The van der Waals surface area contributed by atoms with Crippen LogP contribution in [-0.4, -0.2) is 28.3 Å². The summed E-state index contributed by atoms with van der Waals surface area (Å²) in [6, 6.07) is 0. The van der Waals surface area contributed by atoms with Crippen molar-refractivity contribution >= 4 is 11.9 Å². The van der Waals surface area contributed by atoms with Crippen LogP contribution in [0.5, 0.6) is 0 Å². The van der Waals surface area contributed by atoms with Gasteiger partial charge in [-0.1, -0.05) is 6.92 Å². The maximum absolute atomic E-state index is 10.8. The van der Waals surface area contributed by atoms with E-state index in [-0.39, 0.29) is 6.42 Å². The minimum absolute atomic E-state index is 0.293. The predicted octanol–water partition coefficient (Wildman–Crippen LogP) is 0.609. The molecule has 0 aromatic rings. The van der Waals surface area contributed by atoms with Gasteiger partial charge in [0.2, 0.25) is 5.76 Å². The molecule has 1 atom stereocenters. The second-order valence-corrected chi connectivity index (χ2v) is 2.72. The first-order chi connectivity index (χ1) is 6.06. The lowest BCUT2D eigenvalue weighted by atomic mass is 10.1. The predicted molar refractivity (Wildman–Crippen MR) is 42.1 cm³/mol. The van der Waals surface area contributed by atoms with E-state index in [9.17, 15) is 9.59 Å². The molecule has 0 fully saturated rings. The number of esters is 1. The molecule has 72 valence electrons. The average molecular weight is 186 g/mol. The van der Waals surface area contributed by atoms with Crippen LogP contribution in [0.3, 0.4) is 0 Å². The topological polar surface area (TPSA) is 83.8 Å². The number of aliphatic carboxylic acids is 1. The number of aliphatic hydroxyl groups is 1. The fraction of sp³-hybridized carbons (Fsp3) is 0.500. The summed E-state index contributed by atoms with van der Waals surface area (Å²) < 4.78 is 4.64. The maximum Gasteiger partial charge on any atom is 0.374 e. The van der Waals surface area contributed by atoms with Gasteiger partial charge in [-0.3, -0.25) is 4.79 Å². The molecule has 5 heteroatoms. The van der Waals surface area contributed by atoms with Crippen LogP contribution >= 0.6 is 0 Å². The standard InChI is InChI=1S/C8H10O5/c1-2-4-5(3-6(9)10)13-8(12)7(4)11/h5,11H,2-3H2,1H3,(H,9,10). The zero-order valence-corrected chi connectivity index (χ0v) is 7.11. The van der Waals surface area contributed by atoms with Gasteiger partial charge in [-0.25, -0.2) is 4.79 Å². The Kier molecular flexibility index (Phi) is 2.55. The van der Waals surface area contributed by atoms with Crippen molar-refractivity contribution in [1.82, 2.24) is 0 Å². The molecule has 1 rings (SSSR count). The number of carbonyl (C=O) groups is 2. The van der Waals surface area contributed by atoms with E-state index in [0.717, 1.165) is 0 Å². The normalized spacial score (nSPS) is 21.9. The summed E-state index contributed by atoms with van der Waals surface area (Å²) in [5.41, 5.74) is 0.368. The van der Waals surface area contributed by atoms with Gasteiger partial charge in [0.1, 0.15) is 6.10 Å². The smallest absolute Gasteiger partial charge is 0.374 e. The van der Waals surface area contributed by atoms with Gasteiger partial charge in [0.05, 0.1) is 6.42 Å². The van der Waals surface area contributed by atoms with Crippen LogP contribution in [0.1, 0.15) is 19.8 Å². The van der Waals surface area contributed by atoms with E-state index in [4.69, 9.17) is 10.2 Å². The Morgan fingerprint density at radius 3 is 2.69 bits per heavy atom. The Morgan fingerprint density at radius 1 is 1.62 bits per heavy atom. The molecule has 0 aliphatic carbocycles. The first-order valence-corrected chi connectivity index (χ1v) is 3.91. The Labute approximate surface area is 74.6 Å². The van der Waals surface area contributed by atoms with Gasteiger partial charge in [0, 0.05) is 5.57 Å². The van der Waals surface area contributed by atoms with Crippen molar-refractivity contribution in [2.45, 2.75) is 25.9 Å². The van der Waals surface area contributed by atoms with E-state index < -0.39 is 23.8 Å². The Balaban J connectivity index is 2.80. The molecule has 0 aromatic carbocycles. The second kappa shape index (κ2) is 3.47. The van der Waals surface area contributed by atoms with Gasteiger partial charge in [-0.15, -0.1) is 0 Å². The summed E-state index contributed by atoms with van der Waals surface area (Å²) in [5, 5.41) is 17.6. The van der Waals surface area contributed by atoms with Crippen LogP contribution in [0.15, 0.2) is 11.3 Å². The lowest BCUT2D eigenvalue weighted by molar-refractivity contribution is -0.146. The number of carbonyl (C=O) groups excluding carboxylic acids is 1. The quantitative estimate of drug-likeness (QED) is 0.631. The number of hydrogen-bond donors (Lipinski definition) is 2. The fourth-order valence-electron chi connectivity index (χ4n) is 1.26. The lowest BCUT2D eigenvalue weighted by Gasteiger charge is -2.08. The monoisotopic (exact) mass is 186 g/mol. The third-order valence-corrected chi connectivity index (χ3v) is 1.88. The van der Waals surface area contributed by atoms with Crippen molar-refractivity contribution in [3.8, 4) is 0 Å².